The second-order valence-electron chi connectivity index (χ2n) is 7.93. The lowest BCUT2D eigenvalue weighted by Crippen LogP contribution is -2.39. The van der Waals surface area contributed by atoms with Gasteiger partial charge in [0.25, 0.3) is 0 Å². The van der Waals surface area contributed by atoms with Crippen molar-refractivity contribution in [2.45, 2.75) is 34.6 Å². The number of nitrogen functional groups attached to an aromatic ring is 1. The Labute approximate surface area is 193 Å². The van der Waals surface area contributed by atoms with Crippen LogP contribution in [0.25, 0.3) is 16.9 Å². The summed E-state index contributed by atoms with van der Waals surface area (Å²) in [4.78, 5) is 9.33. The number of nitrogens with zero attached hydrogens (tertiary/aromatic N) is 5. The number of thiazole rings is 1. The van der Waals surface area contributed by atoms with Gasteiger partial charge in [-0.1, -0.05) is 32.0 Å². The lowest BCUT2D eigenvalue weighted by Gasteiger charge is -2.34. The maximum absolute atomic E-state index is 6.28. The van der Waals surface area contributed by atoms with Gasteiger partial charge in [0.15, 0.2) is 0 Å². The molecule has 0 unspecified atom stereocenters. The van der Waals surface area contributed by atoms with Gasteiger partial charge in [-0.3, -0.25) is 0 Å². The molecule has 2 N–H and O–H groups in total. The molecular formula is C25H30N6S. The minimum Gasteiger partial charge on any atom is -0.398 e. The predicted molar refractivity (Wildman–Crippen MR) is 135 cm³/mol. The number of hydrogen-bond donors (Lipinski definition) is 1. The zero-order valence-electron chi connectivity index (χ0n) is 19.3. The molecular weight excluding hydrogens is 416 g/mol. The Bertz CT molecular complexity index is 1200. The van der Waals surface area contributed by atoms with Crippen LogP contribution in [0.15, 0.2) is 54.3 Å². The number of hydrazine groups is 1. The summed E-state index contributed by atoms with van der Waals surface area (Å²) in [6, 6.07) is 12.6. The highest BCUT2D eigenvalue weighted by Gasteiger charge is 2.22. The topological polar surface area (TPSA) is 63.2 Å². The van der Waals surface area contributed by atoms with Gasteiger partial charge in [-0.2, -0.15) is 0 Å². The van der Waals surface area contributed by atoms with Crippen LogP contribution >= 0.6 is 11.3 Å². The summed E-state index contributed by atoms with van der Waals surface area (Å²) in [5.74, 6) is 0. The normalized spacial score (nSPS) is 11.3. The van der Waals surface area contributed by atoms with Gasteiger partial charge in [0.1, 0.15) is 0 Å². The zero-order valence-corrected chi connectivity index (χ0v) is 20.1. The lowest BCUT2D eigenvalue weighted by molar-refractivity contribution is 0.308. The predicted octanol–water partition coefficient (Wildman–Crippen LogP) is 5.90. The first-order valence-electron chi connectivity index (χ1n) is 10.9. The van der Waals surface area contributed by atoms with E-state index in [2.05, 4.69) is 77.6 Å². The summed E-state index contributed by atoms with van der Waals surface area (Å²) >= 11 is 1.65. The van der Waals surface area contributed by atoms with E-state index in [1.54, 1.807) is 11.3 Å². The summed E-state index contributed by atoms with van der Waals surface area (Å²) in [5, 5.41) is 7.55. The third kappa shape index (κ3) is 4.26. The van der Waals surface area contributed by atoms with Gasteiger partial charge in [0.05, 0.1) is 23.4 Å². The summed E-state index contributed by atoms with van der Waals surface area (Å²) in [6.45, 7) is 12.2. The van der Waals surface area contributed by atoms with Gasteiger partial charge >= 0.3 is 0 Å². The van der Waals surface area contributed by atoms with Crippen molar-refractivity contribution in [3.8, 4) is 16.9 Å². The van der Waals surface area contributed by atoms with Crippen LogP contribution < -0.4 is 10.7 Å². The second kappa shape index (κ2) is 9.14. The van der Waals surface area contributed by atoms with Gasteiger partial charge in [0, 0.05) is 41.6 Å². The molecule has 6 nitrogen and oxygen atoms in total. The standard InChI is InChI=1S/C25H30N6S/c1-6-30(7-2)31(24-13-22(26)17(3)12-18(24)4)25-28-23(15-32-25)20-8-10-21(11-9-20)29-14-19(5)27-16-29/h8-16H,6-7,26H2,1-5H3. The average molecular weight is 447 g/mol. The fraction of sp³-hybridized carbons (Fsp3) is 0.280. The van der Waals surface area contributed by atoms with Crippen LogP contribution in [-0.2, 0) is 0 Å². The molecule has 0 aliphatic heterocycles. The molecule has 0 saturated heterocycles. The van der Waals surface area contributed by atoms with Gasteiger partial charge in [-0.25, -0.2) is 20.0 Å². The Kier molecular flexibility index (Phi) is 6.30. The number of aryl methyl sites for hydroxylation is 3. The first kappa shape index (κ1) is 22.0. The van der Waals surface area contributed by atoms with Gasteiger partial charge in [-0.15, -0.1) is 11.3 Å². The molecule has 0 atom stereocenters. The molecule has 4 aromatic rings. The molecule has 0 spiro atoms. The number of nitrogens with two attached hydrogens (primary N) is 1. The van der Waals surface area contributed by atoms with Crippen molar-refractivity contribution in [3.63, 3.8) is 0 Å². The van der Waals surface area contributed by atoms with E-state index < -0.39 is 0 Å². The molecule has 0 aliphatic rings. The minimum atomic E-state index is 0.796. The smallest absolute Gasteiger partial charge is 0.205 e. The van der Waals surface area contributed by atoms with Gasteiger partial charge in [0.2, 0.25) is 5.13 Å². The first-order valence-corrected chi connectivity index (χ1v) is 11.8. The molecule has 2 aromatic heterocycles. The highest BCUT2D eigenvalue weighted by Crippen LogP contribution is 2.36. The highest BCUT2D eigenvalue weighted by atomic mass is 32.1. The van der Waals surface area contributed by atoms with Crippen molar-refractivity contribution >= 4 is 27.8 Å². The largest absolute Gasteiger partial charge is 0.398 e. The summed E-state index contributed by atoms with van der Waals surface area (Å²) < 4.78 is 2.03. The van der Waals surface area contributed by atoms with Gasteiger partial charge in [-0.05, 0) is 50.1 Å². The Morgan fingerprint density at radius 3 is 2.34 bits per heavy atom. The maximum atomic E-state index is 6.28. The molecule has 7 heteroatoms. The number of anilines is 3. The number of imidazole rings is 1. The Balaban J connectivity index is 1.69. The molecule has 0 radical (unpaired) electrons. The Morgan fingerprint density at radius 1 is 1.00 bits per heavy atom. The summed E-state index contributed by atoms with van der Waals surface area (Å²) in [7, 11) is 0. The average Bonchev–Trinajstić information content (AvgIpc) is 3.44. The van der Waals surface area contributed by atoms with Crippen LogP contribution in [0.1, 0.15) is 30.7 Å². The maximum Gasteiger partial charge on any atom is 0.205 e. The fourth-order valence-electron chi connectivity index (χ4n) is 3.83. The van der Waals surface area contributed by atoms with Crippen molar-refractivity contribution < 1.29 is 0 Å². The number of rotatable bonds is 7. The highest BCUT2D eigenvalue weighted by molar-refractivity contribution is 7.14. The number of aromatic nitrogens is 3. The SMILES string of the molecule is CCN(CC)N(c1nc(-c2ccc(-n3cnc(C)c3)cc2)cs1)c1cc(N)c(C)cc1C. The lowest BCUT2D eigenvalue weighted by atomic mass is 10.1. The minimum absolute atomic E-state index is 0.796. The Morgan fingerprint density at radius 2 is 1.72 bits per heavy atom. The third-order valence-corrected chi connectivity index (χ3v) is 6.49. The molecule has 2 aromatic carbocycles. The van der Waals surface area contributed by atoms with E-state index in [1.807, 2.05) is 30.9 Å². The van der Waals surface area contributed by atoms with Crippen molar-refractivity contribution in [1.29, 1.82) is 0 Å². The first-order chi connectivity index (χ1) is 15.4. The number of hydrogen-bond acceptors (Lipinski definition) is 6. The molecule has 0 amide bonds. The van der Waals surface area contributed by atoms with E-state index in [-0.39, 0.29) is 0 Å². The molecule has 0 aliphatic carbocycles. The number of benzene rings is 2. The molecule has 32 heavy (non-hydrogen) atoms. The van der Waals surface area contributed by atoms with Gasteiger partial charge < -0.3 is 10.3 Å². The van der Waals surface area contributed by atoms with E-state index in [0.717, 1.165) is 57.8 Å². The third-order valence-electron chi connectivity index (χ3n) is 5.67. The van der Waals surface area contributed by atoms with Crippen molar-refractivity contribution in [3.05, 3.63) is 71.1 Å². The molecule has 166 valence electrons. The van der Waals surface area contributed by atoms with E-state index in [0.29, 0.717) is 0 Å². The second-order valence-corrected chi connectivity index (χ2v) is 8.77. The monoisotopic (exact) mass is 446 g/mol. The van der Waals surface area contributed by atoms with Crippen molar-refractivity contribution in [1.82, 2.24) is 19.5 Å². The summed E-state index contributed by atoms with van der Waals surface area (Å²) in [6.07, 6.45) is 3.86. The van der Waals surface area contributed by atoms with Crippen LogP contribution in [0.4, 0.5) is 16.5 Å². The Hall–Kier alpha value is -3.16. The van der Waals surface area contributed by atoms with Crippen LogP contribution in [-0.4, -0.2) is 32.6 Å². The molecule has 0 saturated carbocycles. The molecule has 2 heterocycles. The van der Waals surface area contributed by atoms with Crippen molar-refractivity contribution in [2.24, 2.45) is 0 Å². The van der Waals surface area contributed by atoms with E-state index >= 15 is 0 Å². The van der Waals surface area contributed by atoms with Crippen LogP contribution in [0, 0.1) is 20.8 Å². The van der Waals surface area contributed by atoms with E-state index in [4.69, 9.17) is 10.7 Å². The van der Waals surface area contributed by atoms with E-state index in [9.17, 15) is 0 Å². The van der Waals surface area contributed by atoms with Crippen molar-refractivity contribution in [2.75, 3.05) is 23.8 Å². The molecule has 0 fully saturated rings. The molecule has 4 rings (SSSR count). The van der Waals surface area contributed by atoms with Crippen LogP contribution in [0.2, 0.25) is 0 Å². The fourth-order valence-corrected chi connectivity index (χ4v) is 4.70. The zero-order chi connectivity index (χ0) is 22.8. The van der Waals surface area contributed by atoms with E-state index in [1.165, 1.54) is 5.56 Å². The quantitative estimate of drug-likeness (QED) is 0.283. The summed E-state index contributed by atoms with van der Waals surface area (Å²) in [5.41, 5.74) is 14.6. The molecule has 0 bridgehead atoms. The van der Waals surface area contributed by atoms with Crippen LogP contribution in [0.3, 0.4) is 0 Å². The van der Waals surface area contributed by atoms with Crippen LogP contribution in [0.5, 0.6) is 0 Å².